The molecule has 0 radical (unpaired) electrons. The Kier molecular flexibility index (Phi) is 11.4. The molecule has 8 nitrogen and oxygen atoms in total. The normalized spacial score (nSPS) is 22.4. The van der Waals surface area contributed by atoms with Gasteiger partial charge in [0.2, 0.25) is 0 Å². The molecule has 1 aliphatic rings. The smallest absolute Gasteiger partial charge is 0.258 e. The first-order valence-electron chi connectivity index (χ1n) is 13.8. The van der Waals surface area contributed by atoms with Crippen molar-refractivity contribution >= 4 is 11.6 Å². The lowest BCUT2D eigenvalue weighted by molar-refractivity contribution is -0.0177. The number of carbonyl (C=O) groups excluding carboxylic acids is 1. The Morgan fingerprint density at radius 1 is 1.13 bits per heavy atom. The van der Waals surface area contributed by atoms with Gasteiger partial charge in [0.1, 0.15) is 5.75 Å². The number of hydrogen-bond donors (Lipinski definition) is 1. The Morgan fingerprint density at radius 2 is 1.87 bits per heavy atom. The third kappa shape index (κ3) is 8.41. The number of nitrogens with zero attached hydrogens (tertiary/aromatic N) is 4. The Balaban J connectivity index is 1.90. The summed E-state index contributed by atoms with van der Waals surface area (Å²) in [5.74, 6) is 0.513. The van der Waals surface area contributed by atoms with Crippen LogP contribution in [0.15, 0.2) is 42.7 Å². The molecule has 1 N–H and O–H groups in total. The van der Waals surface area contributed by atoms with Crippen LogP contribution in [0.4, 0.5) is 5.69 Å². The van der Waals surface area contributed by atoms with Gasteiger partial charge in [-0.15, -0.1) is 0 Å². The van der Waals surface area contributed by atoms with Gasteiger partial charge in [-0.3, -0.25) is 14.7 Å². The van der Waals surface area contributed by atoms with E-state index in [-0.39, 0.29) is 36.7 Å². The van der Waals surface area contributed by atoms with Crippen molar-refractivity contribution in [3.63, 3.8) is 0 Å². The van der Waals surface area contributed by atoms with Gasteiger partial charge in [-0.1, -0.05) is 6.92 Å². The summed E-state index contributed by atoms with van der Waals surface area (Å²) in [6.45, 7) is 8.61. The third-order valence-electron chi connectivity index (χ3n) is 7.24. The van der Waals surface area contributed by atoms with Crippen LogP contribution in [0.2, 0.25) is 0 Å². The van der Waals surface area contributed by atoms with Gasteiger partial charge >= 0.3 is 0 Å². The molecule has 4 atom stereocenters. The molecule has 2 aromatic rings. The highest BCUT2D eigenvalue weighted by Gasteiger charge is 2.30. The molecule has 0 saturated carbocycles. The van der Waals surface area contributed by atoms with E-state index in [0.29, 0.717) is 24.5 Å². The van der Waals surface area contributed by atoms with Crippen molar-refractivity contribution in [3.05, 3.63) is 53.9 Å². The van der Waals surface area contributed by atoms with Gasteiger partial charge < -0.3 is 24.4 Å². The SMILES string of the molecule is C[C@@H]1CCCCO[C@H](CN(C)Cc2ccncc2)[C@@H](C)CN([C@H](C)CO)C(=O)c2cc(N(C)C)ccc2O1. The van der Waals surface area contributed by atoms with E-state index in [4.69, 9.17) is 9.47 Å². The van der Waals surface area contributed by atoms with E-state index >= 15 is 0 Å². The maximum Gasteiger partial charge on any atom is 0.258 e. The number of likely N-dealkylation sites (N-methyl/N-ethyl adjacent to an activating group) is 1. The molecule has 1 amide bonds. The van der Waals surface area contributed by atoms with E-state index in [1.54, 1.807) is 4.90 Å². The maximum atomic E-state index is 14.1. The number of amides is 1. The van der Waals surface area contributed by atoms with Crippen molar-refractivity contribution in [1.29, 1.82) is 0 Å². The minimum atomic E-state index is -0.346. The molecular weight excluding hydrogens is 480 g/mol. The van der Waals surface area contributed by atoms with Gasteiger partial charge in [-0.2, -0.15) is 0 Å². The number of hydrogen-bond acceptors (Lipinski definition) is 7. The monoisotopic (exact) mass is 526 g/mol. The number of ether oxygens (including phenoxy) is 2. The zero-order valence-corrected chi connectivity index (χ0v) is 24.0. The molecular formula is C30H46N4O4. The molecule has 3 rings (SSSR count). The first-order valence-corrected chi connectivity index (χ1v) is 13.8. The van der Waals surface area contributed by atoms with Crippen LogP contribution in [-0.4, -0.2) is 91.5 Å². The van der Waals surface area contributed by atoms with Crippen molar-refractivity contribution in [3.8, 4) is 5.75 Å². The summed E-state index contributed by atoms with van der Waals surface area (Å²) in [5.41, 5.74) is 2.65. The molecule has 8 heteroatoms. The zero-order valence-electron chi connectivity index (χ0n) is 24.0. The van der Waals surface area contributed by atoms with Gasteiger partial charge in [0.15, 0.2) is 0 Å². The molecule has 0 bridgehead atoms. The topological polar surface area (TPSA) is 78.4 Å². The van der Waals surface area contributed by atoms with Gasteiger partial charge in [0.05, 0.1) is 30.4 Å². The van der Waals surface area contributed by atoms with Crippen LogP contribution in [0.3, 0.4) is 0 Å². The fraction of sp³-hybridized carbons (Fsp3) is 0.600. The molecule has 38 heavy (non-hydrogen) atoms. The second-order valence-corrected chi connectivity index (χ2v) is 10.9. The van der Waals surface area contributed by atoms with Crippen LogP contribution in [-0.2, 0) is 11.3 Å². The number of aliphatic hydroxyl groups excluding tert-OH is 1. The largest absolute Gasteiger partial charge is 0.490 e. The lowest BCUT2D eigenvalue weighted by atomic mass is 10.0. The maximum absolute atomic E-state index is 14.1. The van der Waals surface area contributed by atoms with Crippen LogP contribution in [0.5, 0.6) is 5.75 Å². The Labute approximate surface area is 228 Å². The van der Waals surface area contributed by atoms with Crippen molar-refractivity contribution in [2.75, 3.05) is 52.3 Å². The molecule has 1 aliphatic heterocycles. The lowest BCUT2D eigenvalue weighted by Gasteiger charge is -2.36. The van der Waals surface area contributed by atoms with E-state index in [9.17, 15) is 9.90 Å². The highest BCUT2D eigenvalue weighted by molar-refractivity contribution is 5.98. The minimum Gasteiger partial charge on any atom is -0.490 e. The lowest BCUT2D eigenvalue weighted by Crippen LogP contribution is -2.47. The summed E-state index contributed by atoms with van der Waals surface area (Å²) in [5, 5.41) is 10.1. The number of anilines is 1. The average Bonchev–Trinajstić information content (AvgIpc) is 2.90. The molecule has 0 fully saturated rings. The standard InChI is InChI=1S/C30H46N4O4/c1-22-18-34(23(2)21-35)30(36)27-17-26(32(4)5)10-11-28(27)38-24(3)9-7-8-16-37-29(22)20-33(6)19-25-12-14-31-15-13-25/h10-15,17,22-24,29,35H,7-9,16,18-21H2,1-6H3/t22-,23+,24+,29+/m0/s1. The number of rotatable bonds is 7. The first-order chi connectivity index (χ1) is 18.2. The number of benzene rings is 1. The van der Waals surface area contributed by atoms with Crippen molar-refractivity contribution < 1.29 is 19.4 Å². The third-order valence-corrected chi connectivity index (χ3v) is 7.24. The Bertz CT molecular complexity index is 1000. The molecule has 0 unspecified atom stereocenters. The predicted molar refractivity (Wildman–Crippen MR) is 152 cm³/mol. The second-order valence-electron chi connectivity index (χ2n) is 10.9. The minimum absolute atomic E-state index is 0.0281. The fourth-order valence-electron chi connectivity index (χ4n) is 4.82. The van der Waals surface area contributed by atoms with E-state index < -0.39 is 0 Å². The first kappa shape index (κ1) is 29.9. The molecule has 0 saturated heterocycles. The van der Waals surface area contributed by atoms with E-state index in [1.165, 1.54) is 5.56 Å². The van der Waals surface area contributed by atoms with Crippen LogP contribution in [0, 0.1) is 5.92 Å². The molecule has 1 aromatic carbocycles. The van der Waals surface area contributed by atoms with E-state index in [1.807, 2.05) is 75.6 Å². The van der Waals surface area contributed by atoms with Gasteiger partial charge in [-0.25, -0.2) is 0 Å². The molecule has 0 spiro atoms. The summed E-state index contributed by atoms with van der Waals surface area (Å²) in [7, 11) is 6.01. The van der Waals surface area contributed by atoms with Crippen molar-refractivity contribution in [2.45, 2.75) is 64.8 Å². The Hall–Kier alpha value is -2.68. The number of aromatic nitrogens is 1. The summed E-state index contributed by atoms with van der Waals surface area (Å²) < 4.78 is 12.7. The quantitative estimate of drug-likeness (QED) is 0.583. The van der Waals surface area contributed by atoms with Gasteiger partial charge in [0, 0.05) is 64.3 Å². The number of carbonyl (C=O) groups is 1. The number of fused-ring (bicyclic) bond motifs is 1. The summed E-state index contributed by atoms with van der Waals surface area (Å²) >= 11 is 0. The van der Waals surface area contributed by atoms with Crippen LogP contribution in [0.25, 0.3) is 0 Å². The molecule has 0 aliphatic carbocycles. The highest BCUT2D eigenvalue weighted by Crippen LogP contribution is 2.29. The zero-order chi connectivity index (χ0) is 27.7. The van der Waals surface area contributed by atoms with E-state index in [2.05, 4.69) is 23.9 Å². The number of aliphatic hydroxyl groups is 1. The fourth-order valence-corrected chi connectivity index (χ4v) is 4.82. The highest BCUT2D eigenvalue weighted by atomic mass is 16.5. The number of pyridine rings is 1. The summed E-state index contributed by atoms with van der Waals surface area (Å²) in [6, 6.07) is 9.49. The predicted octanol–water partition coefficient (Wildman–Crippen LogP) is 4.08. The summed E-state index contributed by atoms with van der Waals surface area (Å²) in [6.07, 6.45) is 6.36. The van der Waals surface area contributed by atoms with Crippen molar-refractivity contribution in [2.24, 2.45) is 5.92 Å². The Morgan fingerprint density at radius 3 is 2.55 bits per heavy atom. The van der Waals surface area contributed by atoms with Gasteiger partial charge in [0.25, 0.3) is 5.91 Å². The van der Waals surface area contributed by atoms with Crippen LogP contribution in [0.1, 0.15) is 56.0 Å². The van der Waals surface area contributed by atoms with Gasteiger partial charge in [-0.05, 0) is 76.1 Å². The molecule has 2 heterocycles. The van der Waals surface area contributed by atoms with Crippen LogP contribution >= 0.6 is 0 Å². The van der Waals surface area contributed by atoms with Crippen LogP contribution < -0.4 is 9.64 Å². The molecule has 210 valence electrons. The molecule has 1 aromatic heterocycles. The second kappa shape index (κ2) is 14.5. The average molecular weight is 527 g/mol. The van der Waals surface area contributed by atoms with E-state index in [0.717, 1.165) is 38.0 Å². The van der Waals surface area contributed by atoms with Crippen molar-refractivity contribution in [1.82, 2.24) is 14.8 Å². The summed E-state index contributed by atoms with van der Waals surface area (Å²) in [4.78, 5) is 24.2.